The Morgan fingerprint density at radius 3 is 2.88 bits per heavy atom. The Bertz CT molecular complexity index is 484. The fourth-order valence-electron chi connectivity index (χ4n) is 1.58. The van der Waals surface area contributed by atoms with Crippen LogP contribution in [0.4, 0.5) is 0 Å². The summed E-state index contributed by atoms with van der Waals surface area (Å²) in [5, 5.41) is 0. The van der Waals surface area contributed by atoms with Gasteiger partial charge in [0.2, 0.25) is 0 Å². The zero-order valence-electron chi connectivity index (χ0n) is 8.77. The monoisotopic (exact) mass is 281 g/mol. The van der Waals surface area contributed by atoms with Crippen LogP contribution in [0.2, 0.25) is 0 Å². The molecule has 2 heterocycles. The molecule has 0 spiro atoms. The van der Waals surface area contributed by atoms with Crippen LogP contribution in [0.1, 0.15) is 23.1 Å². The minimum absolute atomic E-state index is 0.175. The van der Waals surface area contributed by atoms with Crippen LogP contribution in [0, 0.1) is 6.92 Å². The van der Waals surface area contributed by atoms with E-state index in [9.17, 15) is 0 Å². The average Bonchev–Trinajstić information content (AvgIpc) is 2.67. The molecule has 0 saturated carbocycles. The van der Waals surface area contributed by atoms with Gasteiger partial charge in [-0.25, -0.2) is 5.43 Å². The zero-order chi connectivity index (χ0) is 11.5. The quantitative estimate of drug-likeness (QED) is 0.669. The molecule has 0 aliphatic carbocycles. The van der Waals surface area contributed by atoms with E-state index >= 15 is 0 Å². The van der Waals surface area contributed by atoms with Gasteiger partial charge in [-0.15, -0.1) is 0 Å². The molecule has 1 unspecified atom stereocenters. The molecule has 0 fully saturated rings. The van der Waals surface area contributed by atoms with Gasteiger partial charge >= 0.3 is 0 Å². The summed E-state index contributed by atoms with van der Waals surface area (Å²) in [5.74, 6) is 6.32. The van der Waals surface area contributed by atoms with Crippen molar-refractivity contribution in [2.75, 3.05) is 0 Å². The third kappa shape index (κ3) is 2.16. The number of hydrogen-bond acceptors (Lipinski definition) is 4. The maximum atomic E-state index is 5.56. The number of halogens is 1. The Kier molecular flexibility index (Phi) is 3.38. The van der Waals surface area contributed by atoms with Gasteiger partial charge in [-0.05, 0) is 46.6 Å². The Hall–Kier alpha value is -1.17. The Balaban J connectivity index is 2.40. The van der Waals surface area contributed by atoms with E-state index in [0.717, 1.165) is 21.5 Å². The molecular weight excluding hydrogens is 270 g/mol. The van der Waals surface area contributed by atoms with Crippen molar-refractivity contribution in [2.45, 2.75) is 13.0 Å². The van der Waals surface area contributed by atoms with E-state index in [2.05, 4.69) is 26.3 Å². The fourth-order valence-corrected chi connectivity index (χ4v) is 2.01. The molecular formula is C11H12BrN3O. The Morgan fingerprint density at radius 2 is 2.31 bits per heavy atom. The van der Waals surface area contributed by atoms with Crippen molar-refractivity contribution >= 4 is 15.9 Å². The van der Waals surface area contributed by atoms with E-state index in [1.165, 1.54) is 0 Å². The number of aromatic nitrogens is 1. The third-order valence-electron chi connectivity index (χ3n) is 2.33. The van der Waals surface area contributed by atoms with Gasteiger partial charge in [0.05, 0.1) is 10.7 Å². The summed E-state index contributed by atoms with van der Waals surface area (Å²) in [5.41, 5.74) is 4.70. The molecule has 2 rings (SSSR count). The lowest BCUT2D eigenvalue weighted by atomic mass is 10.1. The van der Waals surface area contributed by atoms with Crippen molar-refractivity contribution in [3.8, 4) is 0 Å². The molecule has 16 heavy (non-hydrogen) atoms. The standard InChI is InChI=1S/C11H12BrN3O/c1-7-6-8(2-4-14-7)10(15-13)11-9(12)3-5-16-11/h2-6,10,15H,13H2,1H3. The summed E-state index contributed by atoms with van der Waals surface area (Å²) in [6.07, 6.45) is 3.38. The van der Waals surface area contributed by atoms with Gasteiger partial charge in [-0.2, -0.15) is 0 Å². The highest BCUT2D eigenvalue weighted by molar-refractivity contribution is 9.10. The van der Waals surface area contributed by atoms with E-state index in [0.29, 0.717) is 0 Å². The largest absolute Gasteiger partial charge is 0.466 e. The normalized spacial score (nSPS) is 12.7. The highest BCUT2D eigenvalue weighted by Crippen LogP contribution is 2.28. The Labute approximate surface area is 102 Å². The van der Waals surface area contributed by atoms with E-state index in [1.54, 1.807) is 12.5 Å². The Morgan fingerprint density at radius 1 is 1.50 bits per heavy atom. The van der Waals surface area contributed by atoms with Crippen molar-refractivity contribution in [1.82, 2.24) is 10.4 Å². The first-order valence-electron chi connectivity index (χ1n) is 4.84. The minimum Gasteiger partial charge on any atom is -0.466 e. The molecule has 2 aromatic heterocycles. The van der Waals surface area contributed by atoms with Crippen molar-refractivity contribution in [3.05, 3.63) is 52.1 Å². The van der Waals surface area contributed by atoms with Crippen LogP contribution in [-0.2, 0) is 0 Å². The highest BCUT2D eigenvalue weighted by Gasteiger charge is 2.18. The molecule has 4 nitrogen and oxygen atoms in total. The number of aryl methyl sites for hydroxylation is 1. The summed E-state index contributed by atoms with van der Waals surface area (Å²) in [6, 6.07) is 5.55. The van der Waals surface area contributed by atoms with Gasteiger partial charge in [0.1, 0.15) is 11.8 Å². The number of nitrogens with two attached hydrogens (primary N) is 1. The second kappa shape index (κ2) is 4.78. The van der Waals surface area contributed by atoms with Gasteiger partial charge in [0.25, 0.3) is 0 Å². The van der Waals surface area contributed by atoms with Gasteiger partial charge in [-0.1, -0.05) is 0 Å². The van der Waals surface area contributed by atoms with Crippen LogP contribution < -0.4 is 11.3 Å². The topological polar surface area (TPSA) is 64.1 Å². The second-order valence-corrected chi connectivity index (χ2v) is 4.32. The van der Waals surface area contributed by atoms with Crippen LogP contribution in [-0.4, -0.2) is 4.98 Å². The molecule has 5 heteroatoms. The number of rotatable bonds is 3. The number of pyridine rings is 1. The number of nitrogens with one attached hydrogen (secondary N) is 1. The molecule has 0 aliphatic heterocycles. The predicted octanol–water partition coefficient (Wildman–Crippen LogP) is 2.30. The molecule has 0 saturated heterocycles. The van der Waals surface area contributed by atoms with E-state index < -0.39 is 0 Å². The summed E-state index contributed by atoms with van der Waals surface area (Å²) in [6.45, 7) is 1.94. The van der Waals surface area contributed by atoms with E-state index in [4.69, 9.17) is 10.3 Å². The second-order valence-electron chi connectivity index (χ2n) is 3.46. The summed E-state index contributed by atoms with van der Waals surface area (Å²) in [4.78, 5) is 4.15. The fraction of sp³-hybridized carbons (Fsp3) is 0.182. The number of hydrogen-bond donors (Lipinski definition) is 2. The maximum absolute atomic E-state index is 5.56. The van der Waals surface area contributed by atoms with Gasteiger partial charge in [0.15, 0.2) is 0 Å². The van der Waals surface area contributed by atoms with Crippen LogP contribution in [0.25, 0.3) is 0 Å². The van der Waals surface area contributed by atoms with Crippen molar-refractivity contribution in [3.63, 3.8) is 0 Å². The molecule has 0 radical (unpaired) electrons. The molecule has 0 aliphatic rings. The van der Waals surface area contributed by atoms with Gasteiger partial charge in [0, 0.05) is 11.9 Å². The lowest BCUT2D eigenvalue weighted by Gasteiger charge is -2.14. The summed E-state index contributed by atoms with van der Waals surface area (Å²) < 4.78 is 6.30. The first-order chi connectivity index (χ1) is 7.72. The third-order valence-corrected chi connectivity index (χ3v) is 2.98. The van der Waals surface area contributed by atoms with Crippen molar-refractivity contribution in [1.29, 1.82) is 0 Å². The number of hydrazine groups is 1. The SMILES string of the molecule is Cc1cc(C(NN)c2occc2Br)ccn1. The van der Waals surface area contributed by atoms with Crippen molar-refractivity contribution < 1.29 is 4.42 Å². The minimum atomic E-state index is -0.175. The summed E-state index contributed by atoms with van der Waals surface area (Å²) >= 11 is 3.42. The predicted molar refractivity (Wildman–Crippen MR) is 64.5 cm³/mol. The molecule has 0 amide bonds. The first kappa shape index (κ1) is 11.3. The lowest BCUT2D eigenvalue weighted by Crippen LogP contribution is -2.28. The van der Waals surface area contributed by atoms with Crippen LogP contribution in [0.3, 0.4) is 0 Å². The molecule has 0 aromatic carbocycles. The maximum Gasteiger partial charge on any atom is 0.140 e. The van der Waals surface area contributed by atoms with Gasteiger partial charge < -0.3 is 4.42 Å². The van der Waals surface area contributed by atoms with Gasteiger partial charge in [-0.3, -0.25) is 10.8 Å². The zero-order valence-corrected chi connectivity index (χ0v) is 10.4. The van der Waals surface area contributed by atoms with E-state index in [-0.39, 0.29) is 6.04 Å². The lowest BCUT2D eigenvalue weighted by molar-refractivity contribution is 0.449. The van der Waals surface area contributed by atoms with Crippen LogP contribution in [0.5, 0.6) is 0 Å². The molecule has 0 bridgehead atoms. The first-order valence-corrected chi connectivity index (χ1v) is 5.63. The molecule has 84 valence electrons. The molecule has 3 N–H and O–H groups in total. The average molecular weight is 282 g/mol. The van der Waals surface area contributed by atoms with E-state index in [1.807, 2.05) is 25.1 Å². The smallest absolute Gasteiger partial charge is 0.140 e. The van der Waals surface area contributed by atoms with Crippen molar-refractivity contribution in [2.24, 2.45) is 5.84 Å². The highest BCUT2D eigenvalue weighted by atomic mass is 79.9. The summed E-state index contributed by atoms with van der Waals surface area (Å²) in [7, 11) is 0. The number of nitrogens with zero attached hydrogens (tertiary/aromatic N) is 1. The van der Waals surface area contributed by atoms with Crippen LogP contribution >= 0.6 is 15.9 Å². The number of furan rings is 1. The van der Waals surface area contributed by atoms with Crippen LogP contribution in [0.15, 0.2) is 39.5 Å². The molecule has 1 atom stereocenters. The molecule has 2 aromatic rings.